The molecule has 1 aliphatic carbocycles. The van der Waals surface area contributed by atoms with Gasteiger partial charge >= 0.3 is 6.18 Å². The van der Waals surface area contributed by atoms with E-state index in [1.165, 1.54) is 35.3 Å². The van der Waals surface area contributed by atoms with Crippen molar-refractivity contribution in [1.29, 1.82) is 0 Å². The normalized spacial score (nSPS) is 18.7. The number of aliphatic hydroxyl groups excluding tert-OH is 1. The number of rotatable bonds is 4. The number of alkyl halides is 3. The maximum Gasteiger partial charge on any atom is 0.416 e. The molecule has 0 aliphatic heterocycles. The second kappa shape index (κ2) is 8.23. The van der Waals surface area contributed by atoms with Crippen LogP contribution in [0.3, 0.4) is 0 Å². The Balaban J connectivity index is 1.79. The molecule has 32 heavy (non-hydrogen) atoms. The zero-order valence-electron chi connectivity index (χ0n) is 17.0. The minimum absolute atomic E-state index is 0.138. The highest BCUT2D eigenvalue weighted by atomic mass is 19.4. The highest BCUT2D eigenvalue weighted by Gasteiger charge is 2.31. The molecule has 4 rings (SSSR count). The Morgan fingerprint density at radius 3 is 2.50 bits per heavy atom. The van der Waals surface area contributed by atoms with Crippen molar-refractivity contribution in [2.45, 2.75) is 37.6 Å². The van der Waals surface area contributed by atoms with Gasteiger partial charge in [-0.15, -0.1) is 0 Å². The van der Waals surface area contributed by atoms with Crippen molar-refractivity contribution in [3.8, 4) is 16.9 Å². The third-order valence-electron chi connectivity index (χ3n) is 5.40. The van der Waals surface area contributed by atoms with Gasteiger partial charge in [0.1, 0.15) is 11.3 Å². The molecule has 1 aliphatic rings. The van der Waals surface area contributed by atoms with Crippen LogP contribution in [0.1, 0.15) is 35.2 Å². The molecule has 3 aromatic rings. The molecule has 2 atom stereocenters. The largest absolute Gasteiger partial charge is 0.416 e. The molecular formula is C21H20F3N5O3. The van der Waals surface area contributed by atoms with E-state index >= 15 is 0 Å². The van der Waals surface area contributed by atoms with Crippen molar-refractivity contribution in [3.05, 3.63) is 64.2 Å². The summed E-state index contributed by atoms with van der Waals surface area (Å²) in [6, 6.07) is 5.04. The molecule has 1 saturated carbocycles. The van der Waals surface area contributed by atoms with Crippen LogP contribution in [0.5, 0.6) is 0 Å². The van der Waals surface area contributed by atoms with E-state index in [9.17, 15) is 27.9 Å². The minimum atomic E-state index is -4.49. The number of hydrogen-bond acceptors (Lipinski definition) is 5. The molecule has 2 N–H and O–H groups in total. The number of aryl methyl sites for hydroxylation is 1. The Morgan fingerprint density at radius 2 is 1.94 bits per heavy atom. The number of aliphatic hydroxyl groups is 1. The van der Waals surface area contributed by atoms with E-state index < -0.39 is 35.4 Å². The summed E-state index contributed by atoms with van der Waals surface area (Å²) in [6.07, 6.45) is -0.401. The molecule has 1 aromatic carbocycles. The van der Waals surface area contributed by atoms with E-state index in [1.807, 2.05) is 0 Å². The van der Waals surface area contributed by atoms with E-state index in [0.717, 1.165) is 23.2 Å². The molecule has 2 aromatic heterocycles. The van der Waals surface area contributed by atoms with E-state index in [4.69, 9.17) is 0 Å². The topological polar surface area (TPSA) is 102 Å². The van der Waals surface area contributed by atoms with Crippen LogP contribution in [0, 0.1) is 0 Å². The predicted octanol–water partition coefficient (Wildman–Crippen LogP) is 2.29. The van der Waals surface area contributed by atoms with Gasteiger partial charge in [-0.05, 0) is 37.5 Å². The molecular weight excluding hydrogens is 427 g/mol. The van der Waals surface area contributed by atoms with Gasteiger partial charge in [-0.3, -0.25) is 14.3 Å². The summed E-state index contributed by atoms with van der Waals surface area (Å²) in [5.74, 6) is -0.686. The molecule has 2 heterocycles. The number of nitrogens with one attached hydrogen (secondary N) is 1. The summed E-state index contributed by atoms with van der Waals surface area (Å²) in [4.78, 5) is 25.9. The lowest BCUT2D eigenvalue weighted by Crippen LogP contribution is -2.42. The smallest absolute Gasteiger partial charge is 0.391 e. The van der Waals surface area contributed by atoms with Gasteiger partial charge in [0.15, 0.2) is 0 Å². The van der Waals surface area contributed by atoms with E-state index in [1.54, 1.807) is 7.05 Å². The molecule has 1 amide bonds. The van der Waals surface area contributed by atoms with E-state index in [2.05, 4.69) is 15.5 Å². The van der Waals surface area contributed by atoms with Crippen LogP contribution in [-0.2, 0) is 13.2 Å². The summed E-state index contributed by atoms with van der Waals surface area (Å²) >= 11 is 0. The highest BCUT2D eigenvalue weighted by molar-refractivity contribution is 5.95. The van der Waals surface area contributed by atoms with Crippen LogP contribution in [-0.4, -0.2) is 42.7 Å². The lowest BCUT2D eigenvalue weighted by Gasteiger charge is -2.17. The minimum Gasteiger partial charge on any atom is -0.391 e. The van der Waals surface area contributed by atoms with Crippen LogP contribution in [0.25, 0.3) is 16.9 Å². The van der Waals surface area contributed by atoms with Crippen LogP contribution < -0.4 is 10.9 Å². The first kappa shape index (κ1) is 21.8. The standard InChI is InChI=1S/C21H20F3N5O3/c1-28-11-14(10-25-28)29-20(32)15(19(31)26-16-3-2-4-18(16)30)9-17(27-29)12-5-7-13(8-6-12)21(22,23)24/h5-11,16,18,30H,2-4H2,1H3,(H,26,31)/t16-,18-/m0/s1. The SMILES string of the molecule is Cn1cc(-n2nc(-c3ccc(C(F)(F)F)cc3)cc(C(=O)N[C@H]3CCC[C@@H]3O)c2=O)cn1. The third-order valence-corrected chi connectivity index (χ3v) is 5.40. The average Bonchev–Trinajstić information content (AvgIpc) is 3.35. The number of carbonyl (C=O) groups excluding carboxylic acids is 1. The Morgan fingerprint density at radius 1 is 1.22 bits per heavy atom. The monoisotopic (exact) mass is 447 g/mol. The van der Waals surface area contributed by atoms with Crippen molar-refractivity contribution < 1.29 is 23.1 Å². The fourth-order valence-corrected chi connectivity index (χ4v) is 3.68. The Bertz CT molecular complexity index is 1200. The zero-order valence-corrected chi connectivity index (χ0v) is 17.0. The first-order valence-corrected chi connectivity index (χ1v) is 9.93. The fourth-order valence-electron chi connectivity index (χ4n) is 3.68. The molecule has 0 spiro atoms. The first-order chi connectivity index (χ1) is 15.1. The second-order valence-electron chi connectivity index (χ2n) is 7.69. The van der Waals surface area contributed by atoms with Crippen molar-refractivity contribution in [3.63, 3.8) is 0 Å². The second-order valence-corrected chi connectivity index (χ2v) is 7.69. The van der Waals surface area contributed by atoms with Gasteiger partial charge in [-0.25, -0.2) is 0 Å². The van der Waals surface area contributed by atoms with Crippen LogP contribution >= 0.6 is 0 Å². The highest BCUT2D eigenvalue weighted by Crippen LogP contribution is 2.30. The summed E-state index contributed by atoms with van der Waals surface area (Å²) in [5, 5.41) is 20.9. The van der Waals surface area contributed by atoms with E-state index in [0.29, 0.717) is 24.1 Å². The van der Waals surface area contributed by atoms with Crippen LogP contribution in [0.15, 0.2) is 47.5 Å². The van der Waals surface area contributed by atoms with Gasteiger partial charge < -0.3 is 10.4 Å². The number of halogens is 3. The molecule has 0 unspecified atom stereocenters. The molecule has 168 valence electrons. The van der Waals surface area contributed by atoms with Gasteiger partial charge in [0, 0.05) is 12.6 Å². The average molecular weight is 447 g/mol. The lowest BCUT2D eigenvalue weighted by molar-refractivity contribution is -0.137. The molecule has 0 bridgehead atoms. The number of hydrogen-bond donors (Lipinski definition) is 2. The first-order valence-electron chi connectivity index (χ1n) is 9.93. The quantitative estimate of drug-likeness (QED) is 0.639. The molecule has 11 heteroatoms. The maximum atomic E-state index is 13.0. The van der Waals surface area contributed by atoms with Crippen molar-refractivity contribution in [2.24, 2.45) is 7.05 Å². The Hall–Kier alpha value is -3.47. The van der Waals surface area contributed by atoms with Gasteiger partial charge in [0.05, 0.1) is 35.8 Å². The number of nitrogens with zero attached hydrogens (tertiary/aromatic N) is 4. The predicted molar refractivity (Wildman–Crippen MR) is 108 cm³/mol. The lowest BCUT2D eigenvalue weighted by atomic mass is 10.1. The molecule has 1 fully saturated rings. The number of carbonyl (C=O) groups is 1. The maximum absolute atomic E-state index is 13.0. The summed E-state index contributed by atoms with van der Waals surface area (Å²) < 4.78 is 41.2. The van der Waals surface area contributed by atoms with Gasteiger partial charge in [0.25, 0.3) is 11.5 Å². The summed E-state index contributed by atoms with van der Waals surface area (Å²) in [7, 11) is 1.64. The van der Waals surface area contributed by atoms with E-state index in [-0.39, 0.29) is 11.3 Å². The fraction of sp³-hybridized carbons (Fsp3) is 0.333. The summed E-state index contributed by atoms with van der Waals surface area (Å²) in [6.45, 7) is 0. The van der Waals surface area contributed by atoms with Crippen molar-refractivity contribution in [1.82, 2.24) is 24.9 Å². The third kappa shape index (κ3) is 4.28. The van der Waals surface area contributed by atoms with Gasteiger partial charge in [-0.1, -0.05) is 12.1 Å². The Labute approximate surface area is 180 Å². The Kier molecular flexibility index (Phi) is 5.59. The number of amides is 1. The van der Waals surface area contributed by atoms with Crippen LogP contribution in [0.2, 0.25) is 0 Å². The van der Waals surface area contributed by atoms with Crippen molar-refractivity contribution >= 4 is 5.91 Å². The summed E-state index contributed by atoms with van der Waals surface area (Å²) in [5.41, 5.74) is -1.04. The van der Waals surface area contributed by atoms with Crippen molar-refractivity contribution in [2.75, 3.05) is 0 Å². The zero-order chi connectivity index (χ0) is 23.0. The molecule has 8 nitrogen and oxygen atoms in total. The van der Waals surface area contributed by atoms with Crippen LogP contribution in [0.4, 0.5) is 13.2 Å². The van der Waals surface area contributed by atoms with Gasteiger partial charge in [-0.2, -0.15) is 28.1 Å². The molecule has 0 saturated heterocycles. The molecule has 0 radical (unpaired) electrons. The number of aromatic nitrogens is 4. The number of benzene rings is 1. The van der Waals surface area contributed by atoms with Gasteiger partial charge in [0.2, 0.25) is 0 Å².